The van der Waals surface area contributed by atoms with Crippen molar-refractivity contribution in [2.75, 3.05) is 0 Å². The van der Waals surface area contributed by atoms with Crippen molar-refractivity contribution in [3.05, 3.63) is 35.4 Å². The van der Waals surface area contributed by atoms with E-state index in [-0.39, 0.29) is 5.56 Å². The van der Waals surface area contributed by atoms with E-state index in [1.54, 1.807) is 0 Å². The van der Waals surface area contributed by atoms with Gasteiger partial charge in [-0.3, -0.25) is 4.79 Å². The number of ketones is 1. The molecule has 0 aliphatic rings. The minimum atomic E-state index is -3.55. The summed E-state index contributed by atoms with van der Waals surface area (Å²) in [5.41, 5.74) is 0.185. The van der Waals surface area contributed by atoms with Crippen LogP contribution in [0, 0.1) is 11.3 Å². The first-order valence-electron chi connectivity index (χ1n) is 3.57. The van der Waals surface area contributed by atoms with E-state index in [0.29, 0.717) is 5.56 Å². The average molecular weight is 260 g/mol. The zero-order chi connectivity index (χ0) is 10.8. The highest BCUT2D eigenvalue weighted by atomic mass is 79.9. The van der Waals surface area contributed by atoms with Gasteiger partial charge in [0.25, 0.3) is 0 Å². The van der Waals surface area contributed by atoms with Gasteiger partial charge in [-0.25, -0.2) is 0 Å². The molecule has 0 aliphatic carbocycles. The number of benzene rings is 1. The predicted molar refractivity (Wildman–Crippen MR) is 49.4 cm³/mol. The second-order valence-corrected chi connectivity index (χ2v) is 3.51. The Bertz CT molecular complexity index is 389. The molecule has 0 heterocycles. The molecule has 0 radical (unpaired) electrons. The van der Waals surface area contributed by atoms with E-state index in [1.807, 2.05) is 22.0 Å². The monoisotopic (exact) mass is 259 g/mol. The van der Waals surface area contributed by atoms with Gasteiger partial charge in [0, 0.05) is 5.56 Å². The molecule has 1 aromatic rings. The van der Waals surface area contributed by atoms with Crippen molar-refractivity contribution in [2.45, 2.75) is 4.83 Å². The quantitative estimate of drug-likeness (QED) is 0.606. The zero-order valence-electron chi connectivity index (χ0n) is 6.80. The Kier molecular flexibility index (Phi) is 2.96. The normalized spacial score (nSPS) is 10.7. The molecule has 14 heavy (non-hydrogen) atoms. The minimum Gasteiger partial charge on any atom is -0.286 e. The van der Waals surface area contributed by atoms with E-state index in [2.05, 4.69) is 0 Å². The van der Waals surface area contributed by atoms with E-state index in [4.69, 9.17) is 5.26 Å². The molecular formula is C9H4BrF2NO. The Morgan fingerprint density at radius 2 is 1.86 bits per heavy atom. The molecule has 0 aromatic heterocycles. The van der Waals surface area contributed by atoms with Crippen LogP contribution in [0.25, 0.3) is 0 Å². The molecule has 0 saturated carbocycles. The van der Waals surface area contributed by atoms with Crippen molar-refractivity contribution < 1.29 is 13.6 Å². The topological polar surface area (TPSA) is 40.9 Å². The molecule has 0 atom stereocenters. The standard InChI is InChI=1S/C9H4BrF2NO/c10-9(11,12)8(14)7-3-1-6(5-13)2-4-7/h1-4H. The maximum Gasteiger partial charge on any atom is 0.363 e. The number of rotatable bonds is 2. The molecule has 1 aromatic carbocycles. The largest absolute Gasteiger partial charge is 0.363 e. The van der Waals surface area contributed by atoms with Crippen molar-refractivity contribution >= 4 is 21.7 Å². The SMILES string of the molecule is N#Cc1ccc(C(=O)C(F)(F)Br)cc1. The molecule has 0 saturated heterocycles. The molecule has 72 valence electrons. The third-order valence-corrected chi connectivity index (χ3v) is 1.89. The minimum absolute atomic E-state index is 0.133. The first kappa shape index (κ1) is 10.8. The maximum absolute atomic E-state index is 12.5. The van der Waals surface area contributed by atoms with Crippen LogP contribution in [0.5, 0.6) is 0 Å². The summed E-state index contributed by atoms with van der Waals surface area (Å²) >= 11 is 1.97. The molecular weight excluding hydrogens is 256 g/mol. The van der Waals surface area contributed by atoms with Gasteiger partial charge >= 0.3 is 4.83 Å². The Hall–Kier alpha value is -1.28. The second kappa shape index (κ2) is 3.84. The van der Waals surface area contributed by atoms with Crippen LogP contribution in [0.2, 0.25) is 0 Å². The average Bonchev–Trinajstić information content (AvgIpc) is 2.15. The van der Waals surface area contributed by atoms with Gasteiger partial charge in [-0.05, 0) is 40.2 Å². The number of carbonyl (C=O) groups excluding carboxylic acids is 1. The lowest BCUT2D eigenvalue weighted by Crippen LogP contribution is -2.20. The number of Topliss-reactive ketones (excluding diaryl/α,β-unsaturated/α-hetero) is 1. The fourth-order valence-electron chi connectivity index (χ4n) is 0.860. The first-order chi connectivity index (χ1) is 6.45. The maximum atomic E-state index is 12.5. The Morgan fingerprint density at radius 1 is 1.36 bits per heavy atom. The van der Waals surface area contributed by atoms with Gasteiger partial charge in [-0.2, -0.15) is 14.0 Å². The van der Waals surface area contributed by atoms with Crippen LogP contribution >= 0.6 is 15.9 Å². The van der Waals surface area contributed by atoms with Crippen LogP contribution in [0.3, 0.4) is 0 Å². The summed E-state index contributed by atoms with van der Waals surface area (Å²) in [5.74, 6) is -1.32. The highest BCUT2D eigenvalue weighted by Crippen LogP contribution is 2.26. The van der Waals surface area contributed by atoms with Crippen molar-refractivity contribution in [1.29, 1.82) is 5.26 Å². The van der Waals surface area contributed by atoms with Gasteiger partial charge in [0.2, 0.25) is 5.78 Å². The third-order valence-electron chi connectivity index (χ3n) is 1.53. The lowest BCUT2D eigenvalue weighted by atomic mass is 10.1. The fourth-order valence-corrected chi connectivity index (χ4v) is 1.09. The van der Waals surface area contributed by atoms with Crippen LogP contribution in [0.4, 0.5) is 8.78 Å². The van der Waals surface area contributed by atoms with Gasteiger partial charge in [0.1, 0.15) is 0 Å². The summed E-state index contributed by atoms with van der Waals surface area (Å²) in [6, 6.07) is 6.83. The van der Waals surface area contributed by atoms with E-state index in [1.165, 1.54) is 24.3 Å². The van der Waals surface area contributed by atoms with Crippen LogP contribution < -0.4 is 0 Å². The van der Waals surface area contributed by atoms with E-state index in [9.17, 15) is 13.6 Å². The van der Waals surface area contributed by atoms with E-state index < -0.39 is 10.6 Å². The molecule has 0 aliphatic heterocycles. The molecule has 0 spiro atoms. The Labute approximate surface area is 87.3 Å². The van der Waals surface area contributed by atoms with Gasteiger partial charge in [0.05, 0.1) is 11.6 Å². The summed E-state index contributed by atoms with van der Waals surface area (Å²) in [5, 5.41) is 8.43. The van der Waals surface area contributed by atoms with Gasteiger partial charge in [-0.1, -0.05) is 0 Å². The number of carbonyl (C=O) groups is 1. The zero-order valence-corrected chi connectivity index (χ0v) is 8.38. The number of halogens is 3. The molecule has 0 bridgehead atoms. The van der Waals surface area contributed by atoms with Gasteiger partial charge < -0.3 is 0 Å². The second-order valence-electron chi connectivity index (χ2n) is 2.52. The number of nitrogens with zero attached hydrogens (tertiary/aromatic N) is 1. The van der Waals surface area contributed by atoms with Gasteiger partial charge in [0.15, 0.2) is 0 Å². The first-order valence-corrected chi connectivity index (χ1v) is 4.36. The van der Waals surface area contributed by atoms with E-state index >= 15 is 0 Å². The highest BCUT2D eigenvalue weighted by molar-refractivity contribution is 9.10. The molecule has 1 rings (SSSR count). The fraction of sp³-hybridized carbons (Fsp3) is 0.111. The lowest BCUT2D eigenvalue weighted by molar-refractivity contribution is 0.0592. The molecule has 0 unspecified atom stereocenters. The summed E-state index contributed by atoms with van der Waals surface area (Å²) in [6.45, 7) is 0. The van der Waals surface area contributed by atoms with Crippen molar-refractivity contribution in [2.24, 2.45) is 0 Å². The molecule has 0 N–H and O–H groups in total. The smallest absolute Gasteiger partial charge is 0.286 e. The number of nitriles is 1. The van der Waals surface area contributed by atoms with Crippen LogP contribution in [-0.2, 0) is 0 Å². The number of alkyl halides is 3. The molecule has 5 heteroatoms. The molecule has 2 nitrogen and oxygen atoms in total. The molecule has 0 amide bonds. The highest BCUT2D eigenvalue weighted by Gasteiger charge is 2.35. The number of hydrogen-bond donors (Lipinski definition) is 0. The van der Waals surface area contributed by atoms with Crippen LogP contribution in [0.15, 0.2) is 24.3 Å². The molecule has 0 fully saturated rings. The van der Waals surface area contributed by atoms with Crippen LogP contribution in [0.1, 0.15) is 15.9 Å². The van der Waals surface area contributed by atoms with E-state index in [0.717, 1.165) is 0 Å². The Balaban J connectivity index is 3.00. The summed E-state index contributed by atoms with van der Waals surface area (Å²) in [4.78, 5) is 7.43. The summed E-state index contributed by atoms with van der Waals surface area (Å²) in [7, 11) is 0. The summed E-state index contributed by atoms with van der Waals surface area (Å²) < 4.78 is 25.0. The number of hydrogen-bond acceptors (Lipinski definition) is 2. The van der Waals surface area contributed by atoms with Crippen molar-refractivity contribution in [3.8, 4) is 6.07 Å². The van der Waals surface area contributed by atoms with Gasteiger partial charge in [-0.15, -0.1) is 0 Å². The van der Waals surface area contributed by atoms with Crippen molar-refractivity contribution in [1.82, 2.24) is 0 Å². The summed E-state index contributed by atoms with van der Waals surface area (Å²) in [6.07, 6.45) is 0. The van der Waals surface area contributed by atoms with Crippen LogP contribution in [-0.4, -0.2) is 10.6 Å². The predicted octanol–water partition coefficient (Wildman–Crippen LogP) is 2.73. The lowest BCUT2D eigenvalue weighted by Gasteiger charge is -2.06. The van der Waals surface area contributed by atoms with Crippen molar-refractivity contribution in [3.63, 3.8) is 0 Å². The Morgan fingerprint density at radius 3 is 2.21 bits per heavy atom. The third kappa shape index (κ3) is 2.36.